The smallest absolute Gasteiger partial charge is 0.237 e. The number of para-hydroxylation sites is 3. The topological polar surface area (TPSA) is 69.0 Å². The van der Waals surface area contributed by atoms with E-state index >= 15 is 0 Å². The quantitative estimate of drug-likeness (QED) is 0.354. The Morgan fingerprint density at radius 1 is 1.00 bits per heavy atom. The second kappa shape index (κ2) is 9.89. The van der Waals surface area contributed by atoms with Crippen LogP contribution in [0, 0.1) is 0 Å². The number of benzene rings is 3. The van der Waals surface area contributed by atoms with Gasteiger partial charge in [-0.25, -0.2) is 0 Å². The van der Waals surface area contributed by atoms with E-state index in [0.717, 1.165) is 11.3 Å². The van der Waals surface area contributed by atoms with Crippen molar-refractivity contribution in [3.05, 3.63) is 83.9 Å². The minimum Gasteiger partial charge on any atom is -0.495 e. The molecular formula is C24H21ClN4O2S. The summed E-state index contributed by atoms with van der Waals surface area (Å²) < 4.78 is 7.27. The minimum atomic E-state index is -0.426. The van der Waals surface area contributed by atoms with Gasteiger partial charge in [0, 0.05) is 16.3 Å². The third-order valence-electron chi connectivity index (χ3n) is 4.77. The molecule has 0 aliphatic rings. The maximum absolute atomic E-state index is 12.9. The summed E-state index contributed by atoms with van der Waals surface area (Å²) in [5, 5.41) is 12.6. The fraction of sp³-hybridized carbons (Fsp3) is 0.125. The summed E-state index contributed by atoms with van der Waals surface area (Å²) in [4.78, 5) is 12.9. The molecule has 1 N–H and O–H groups in total. The summed E-state index contributed by atoms with van der Waals surface area (Å²) in [5.41, 5.74) is 2.41. The average molecular weight is 465 g/mol. The van der Waals surface area contributed by atoms with Crippen LogP contribution in [0.25, 0.3) is 17.1 Å². The predicted molar refractivity (Wildman–Crippen MR) is 129 cm³/mol. The molecule has 0 saturated heterocycles. The van der Waals surface area contributed by atoms with Crippen LogP contribution in [-0.4, -0.2) is 33.0 Å². The Hall–Kier alpha value is -3.29. The van der Waals surface area contributed by atoms with Gasteiger partial charge in [-0.3, -0.25) is 9.36 Å². The van der Waals surface area contributed by atoms with Gasteiger partial charge in [-0.15, -0.1) is 10.2 Å². The molecule has 1 heterocycles. The second-order valence-electron chi connectivity index (χ2n) is 6.93. The maximum atomic E-state index is 12.9. The highest BCUT2D eigenvalue weighted by Gasteiger charge is 2.22. The first-order valence-electron chi connectivity index (χ1n) is 9.94. The minimum absolute atomic E-state index is 0.157. The number of rotatable bonds is 7. The fourth-order valence-electron chi connectivity index (χ4n) is 3.14. The van der Waals surface area contributed by atoms with E-state index in [1.54, 1.807) is 19.2 Å². The van der Waals surface area contributed by atoms with Crippen LogP contribution < -0.4 is 10.1 Å². The monoisotopic (exact) mass is 464 g/mol. The zero-order chi connectivity index (χ0) is 22.5. The van der Waals surface area contributed by atoms with Crippen molar-refractivity contribution in [2.75, 3.05) is 12.4 Å². The standard InChI is InChI=1S/C24H21ClN4O2S/c1-16(23(30)26-20-10-6-7-11-21(20)31-2)32-24-28-27-22(17-12-14-18(25)15-13-17)29(24)19-8-4-3-5-9-19/h3-16H,1-2H3,(H,26,30). The molecule has 0 fully saturated rings. The lowest BCUT2D eigenvalue weighted by molar-refractivity contribution is -0.115. The number of halogens is 1. The molecule has 0 aliphatic carbocycles. The second-order valence-corrected chi connectivity index (χ2v) is 8.68. The molecule has 1 unspecified atom stereocenters. The molecule has 1 atom stereocenters. The zero-order valence-corrected chi connectivity index (χ0v) is 19.1. The van der Waals surface area contributed by atoms with Crippen LogP contribution in [0.5, 0.6) is 5.75 Å². The number of anilines is 1. The van der Waals surface area contributed by atoms with Crippen LogP contribution in [0.2, 0.25) is 5.02 Å². The van der Waals surface area contributed by atoms with Gasteiger partial charge >= 0.3 is 0 Å². The van der Waals surface area contributed by atoms with Gasteiger partial charge in [0.2, 0.25) is 5.91 Å². The van der Waals surface area contributed by atoms with Crippen molar-refractivity contribution in [3.8, 4) is 22.8 Å². The van der Waals surface area contributed by atoms with Gasteiger partial charge in [0.1, 0.15) is 5.75 Å². The van der Waals surface area contributed by atoms with Crippen molar-refractivity contribution in [1.82, 2.24) is 14.8 Å². The Morgan fingerprint density at radius 2 is 1.69 bits per heavy atom. The van der Waals surface area contributed by atoms with Crippen LogP contribution in [0.15, 0.2) is 84.0 Å². The molecule has 1 amide bonds. The summed E-state index contributed by atoms with van der Waals surface area (Å²) in [6, 6.07) is 24.6. The van der Waals surface area contributed by atoms with Crippen LogP contribution in [0.4, 0.5) is 5.69 Å². The SMILES string of the molecule is COc1ccccc1NC(=O)C(C)Sc1nnc(-c2ccc(Cl)cc2)n1-c1ccccc1. The van der Waals surface area contributed by atoms with Crippen molar-refractivity contribution in [2.45, 2.75) is 17.3 Å². The fourth-order valence-corrected chi connectivity index (χ4v) is 4.13. The predicted octanol–water partition coefficient (Wildman–Crippen LogP) is 5.72. The number of aromatic nitrogens is 3. The molecule has 1 aromatic heterocycles. The lowest BCUT2D eigenvalue weighted by atomic mass is 10.2. The van der Waals surface area contributed by atoms with Crippen LogP contribution in [0.3, 0.4) is 0 Å². The number of carbonyl (C=O) groups is 1. The van der Waals surface area contributed by atoms with Crippen molar-refractivity contribution in [3.63, 3.8) is 0 Å². The van der Waals surface area contributed by atoms with Crippen molar-refractivity contribution in [1.29, 1.82) is 0 Å². The Kier molecular flexibility index (Phi) is 6.78. The lowest BCUT2D eigenvalue weighted by Gasteiger charge is -2.15. The third kappa shape index (κ3) is 4.79. The molecule has 8 heteroatoms. The van der Waals surface area contributed by atoms with E-state index in [1.165, 1.54) is 11.8 Å². The van der Waals surface area contributed by atoms with E-state index in [-0.39, 0.29) is 5.91 Å². The summed E-state index contributed by atoms with van der Waals surface area (Å²) in [7, 11) is 1.57. The normalized spacial score (nSPS) is 11.7. The largest absolute Gasteiger partial charge is 0.495 e. The number of ether oxygens (including phenoxy) is 1. The molecule has 4 rings (SSSR count). The van der Waals surface area contributed by atoms with E-state index in [2.05, 4.69) is 15.5 Å². The number of nitrogens with one attached hydrogen (secondary N) is 1. The highest BCUT2D eigenvalue weighted by molar-refractivity contribution is 8.00. The lowest BCUT2D eigenvalue weighted by Crippen LogP contribution is -2.23. The first kappa shape index (κ1) is 21.9. The molecule has 0 radical (unpaired) electrons. The zero-order valence-electron chi connectivity index (χ0n) is 17.5. The van der Waals surface area contributed by atoms with Crippen LogP contribution in [-0.2, 0) is 4.79 Å². The molecule has 0 aliphatic heterocycles. The van der Waals surface area contributed by atoms with E-state index in [0.29, 0.717) is 27.4 Å². The van der Waals surface area contributed by atoms with Gasteiger partial charge < -0.3 is 10.1 Å². The number of nitrogens with zero attached hydrogens (tertiary/aromatic N) is 3. The molecule has 32 heavy (non-hydrogen) atoms. The Labute approximate surface area is 195 Å². The molecule has 162 valence electrons. The van der Waals surface area contributed by atoms with E-state index in [9.17, 15) is 4.79 Å². The van der Waals surface area contributed by atoms with Gasteiger partial charge in [0.05, 0.1) is 18.0 Å². The van der Waals surface area contributed by atoms with Gasteiger partial charge in [-0.2, -0.15) is 0 Å². The molecule has 0 saturated carbocycles. The summed E-state index contributed by atoms with van der Waals surface area (Å²) in [5.74, 6) is 1.12. The van der Waals surface area contributed by atoms with Crippen molar-refractivity contribution < 1.29 is 9.53 Å². The number of thioether (sulfide) groups is 1. The third-order valence-corrected chi connectivity index (χ3v) is 6.06. The van der Waals surface area contributed by atoms with Gasteiger partial charge in [-0.05, 0) is 55.5 Å². The van der Waals surface area contributed by atoms with Crippen LogP contribution >= 0.6 is 23.4 Å². The summed E-state index contributed by atoms with van der Waals surface area (Å²) >= 11 is 7.39. The first-order chi connectivity index (χ1) is 15.6. The molecule has 0 bridgehead atoms. The van der Waals surface area contributed by atoms with Crippen molar-refractivity contribution in [2.24, 2.45) is 0 Å². The van der Waals surface area contributed by atoms with Gasteiger partial charge in [0.25, 0.3) is 0 Å². The number of hydrogen-bond donors (Lipinski definition) is 1. The van der Waals surface area contributed by atoms with E-state index in [4.69, 9.17) is 16.3 Å². The Bertz CT molecular complexity index is 1210. The number of carbonyl (C=O) groups excluding carboxylic acids is 1. The van der Waals surface area contributed by atoms with Gasteiger partial charge in [0.15, 0.2) is 11.0 Å². The van der Waals surface area contributed by atoms with Crippen LogP contribution in [0.1, 0.15) is 6.92 Å². The molecule has 3 aromatic carbocycles. The maximum Gasteiger partial charge on any atom is 0.237 e. The molecular weight excluding hydrogens is 444 g/mol. The first-order valence-corrected chi connectivity index (χ1v) is 11.2. The highest BCUT2D eigenvalue weighted by atomic mass is 35.5. The summed E-state index contributed by atoms with van der Waals surface area (Å²) in [6.07, 6.45) is 0. The van der Waals surface area contributed by atoms with E-state index < -0.39 is 5.25 Å². The van der Waals surface area contributed by atoms with E-state index in [1.807, 2.05) is 78.2 Å². The number of amides is 1. The highest BCUT2D eigenvalue weighted by Crippen LogP contribution is 2.31. The molecule has 0 spiro atoms. The molecule has 6 nitrogen and oxygen atoms in total. The van der Waals surface area contributed by atoms with Crippen molar-refractivity contribution >= 4 is 35.0 Å². The number of hydrogen-bond acceptors (Lipinski definition) is 5. The summed E-state index contributed by atoms with van der Waals surface area (Å²) in [6.45, 7) is 1.83. The molecule has 4 aromatic rings. The Morgan fingerprint density at radius 3 is 2.41 bits per heavy atom. The number of methoxy groups -OCH3 is 1. The average Bonchev–Trinajstić information content (AvgIpc) is 3.23. The van der Waals surface area contributed by atoms with Gasteiger partial charge in [-0.1, -0.05) is 53.7 Å². The Balaban J connectivity index is 1.63.